The van der Waals surface area contributed by atoms with E-state index in [9.17, 15) is 4.39 Å². The Balaban J connectivity index is 2.13. The minimum Gasteiger partial charge on any atom is -0.355 e. The molecular weight excluding hydrogens is 289 g/mol. The third kappa shape index (κ3) is 4.41. The predicted molar refractivity (Wildman–Crippen MR) is 85.1 cm³/mol. The molecule has 0 spiro atoms. The van der Waals surface area contributed by atoms with Crippen molar-refractivity contribution < 1.29 is 4.39 Å². The van der Waals surface area contributed by atoms with Gasteiger partial charge in [0, 0.05) is 20.1 Å². The Morgan fingerprint density at radius 2 is 2.10 bits per heavy atom. The second-order valence-electron chi connectivity index (χ2n) is 4.86. The van der Waals surface area contributed by atoms with Crippen LogP contribution >= 0.6 is 11.6 Å². The summed E-state index contributed by atoms with van der Waals surface area (Å²) < 4.78 is 13.2. The Hall–Kier alpha value is -1.65. The number of benzene rings is 1. The van der Waals surface area contributed by atoms with E-state index >= 15 is 0 Å². The molecule has 0 fully saturated rings. The summed E-state index contributed by atoms with van der Waals surface area (Å²) in [6.45, 7) is 4.12. The molecule has 0 atom stereocenters. The second-order valence-corrected chi connectivity index (χ2v) is 5.27. The van der Waals surface area contributed by atoms with Crippen molar-refractivity contribution >= 4 is 17.4 Å². The van der Waals surface area contributed by atoms with Crippen molar-refractivity contribution in [1.82, 2.24) is 10.3 Å². The van der Waals surface area contributed by atoms with E-state index < -0.39 is 0 Å². The van der Waals surface area contributed by atoms with Gasteiger partial charge in [-0.15, -0.1) is 0 Å². The lowest BCUT2D eigenvalue weighted by atomic mass is 10.2. The summed E-state index contributed by atoms with van der Waals surface area (Å²) in [4.78, 5) is 6.54. The smallest absolute Gasteiger partial charge is 0.129 e. The molecule has 1 aromatic heterocycles. The van der Waals surface area contributed by atoms with Gasteiger partial charge in [0.1, 0.15) is 11.6 Å². The Kier molecular flexibility index (Phi) is 5.53. The molecule has 5 heteroatoms. The Morgan fingerprint density at radius 3 is 2.81 bits per heavy atom. The molecule has 0 aliphatic carbocycles. The molecule has 0 radical (unpaired) electrons. The quantitative estimate of drug-likeness (QED) is 0.883. The van der Waals surface area contributed by atoms with Crippen LogP contribution in [-0.4, -0.2) is 18.6 Å². The molecule has 0 saturated heterocycles. The van der Waals surface area contributed by atoms with Gasteiger partial charge in [0.15, 0.2) is 0 Å². The normalized spacial score (nSPS) is 10.7. The SMILES string of the molecule is CCNCc1nc(N(C)Cc2cccc(F)c2)ccc1Cl. The lowest BCUT2D eigenvalue weighted by molar-refractivity contribution is 0.625. The number of pyridine rings is 1. The number of rotatable bonds is 6. The van der Waals surface area contributed by atoms with Crippen LogP contribution in [0, 0.1) is 5.82 Å². The largest absolute Gasteiger partial charge is 0.355 e. The monoisotopic (exact) mass is 307 g/mol. The van der Waals surface area contributed by atoms with Gasteiger partial charge >= 0.3 is 0 Å². The summed E-state index contributed by atoms with van der Waals surface area (Å²) >= 11 is 6.15. The number of hydrogen-bond acceptors (Lipinski definition) is 3. The first-order valence-electron chi connectivity index (χ1n) is 6.92. The van der Waals surface area contributed by atoms with Gasteiger partial charge in [0.05, 0.1) is 10.7 Å². The van der Waals surface area contributed by atoms with Gasteiger partial charge in [-0.1, -0.05) is 30.7 Å². The fourth-order valence-corrected chi connectivity index (χ4v) is 2.22. The zero-order valence-electron chi connectivity index (χ0n) is 12.2. The first kappa shape index (κ1) is 15.7. The minimum atomic E-state index is -0.224. The van der Waals surface area contributed by atoms with Crippen LogP contribution in [0.15, 0.2) is 36.4 Å². The van der Waals surface area contributed by atoms with E-state index in [2.05, 4.69) is 10.3 Å². The van der Waals surface area contributed by atoms with Crippen LogP contribution in [0.5, 0.6) is 0 Å². The standard InChI is InChI=1S/C16H19ClFN3/c1-3-19-10-15-14(17)7-8-16(20-15)21(2)11-12-5-4-6-13(18)9-12/h4-9,19H,3,10-11H2,1-2H3. The number of halogens is 2. The molecule has 21 heavy (non-hydrogen) atoms. The van der Waals surface area contributed by atoms with Crippen molar-refractivity contribution in [2.24, 2.45) is 0 Å². The van der Waals surface area contributed by atoms with Crippen molar-refractivity contribution in [1.29, 1.82) is 0 Å². The van der Waals surface area contributed by atoms with Crippen molar-refractivity contribution in [3.05, 3.63) is 58.5 Å². The minimum absolute atomic E-state index is 0.224. The van der Waals surface area contributed by atoms with Gasteiger partial charge in [0.2, 0.25) is 0 Å². The zero-order valence-corrected chi connectivity index (χ0v) is 13.0. The van der Waals surface area contributed by atoms with Crippen molar-refractivity contribution in [3.8, 4) is 0 Å². The van der Waals surface area contributed by atoms with Gasteiger partial charge in [-0.25, -0.2) is 9.37 Å². The van der Waals surface area contributed by atoms with Crippen molar-refractivity contribution in [3.63, 3.8) is 0 Å². The van der Waals surface area contributed by atoms with Crippen LogP contribution in [-0.2, 0) is 13.1 Å². The van der Waals surface area contributed by atoms with E-state index in [0.29, 0.717) is 18.1 Å². The summed E-state index contributed by atoms with van der Waals surface area (Å²) in [5, 5.41) is 3.87. The molecule has 0 unspecified atom stereocenters. The Labute approximate surface area is 129 Å². The maximum absolute atomic E-state index is 13.2. The van der Waals surface area contributed by atoms with Crippen molar-refractivity contribution in [2.75, 3.05) is 18.5 Å². The van der Waals surface area contributed by atoms with Crippen LogP contribution < -0.4 is 10.2 Å². The number of aromatic nitrogens is 1. The summed E-state index contributed by atoms with van der Waals surface area (Å²) in [7, 11) is 1.93. The lowest BCUT2D eigenvalue weighted by Gasteiger charge is -2.19. The molecule has 0 aliphatic heterocycles. The molecule has 3 nitrogen and oxygen atoms in total. The van der Waals surface area contributed by atoms with Crippen molar-refractivity contribution in [2.45, 2.75) is 20.0 Å². The molecule has 0 amide bonds. The number of nitrogens with zero attached hydrogens (tertiary/aromatic N) is 2. The zero-order chi connectivity index (χ0) is 15.2. The Morgan fingerprint density at radius 1 is 1.29 bits per heavy atom. The molecule has 112 valence electrons. The highest BCUT2D eigenvalue weighted by Crippen LogP contribution is 2.20. The molecule has 2 aromatic rings. The van der Waals surface area contributed by atoms with Crippen LogP contribution in [0.2, 0.25) is 5.02 Å². The van der Waals surface area contributed by atoms with Gasteiger partial charge in [0.25, 0.3) is 0 Å². The fourth-order valence-electron chi connectivity index (χ4n) is 2.04. The van der Waals surface area contributed by atoms with E-state index in [0.717, 1.165) is 23.6 Å². The van der Waals surface area contributed by atoms with Crippen LogP contribution in [0.4, 0.5) is 10.2 Å². The second kappa shape index (κ2) is 7.38. The molecule has 1 heterocycles. The average molecular weight is 308 g/mol. The number of hydrogen-bond donors (Lipinski definition) is 1. The molecular formula is C16H19ClFN3. The van der Waals surface area contributed by atoms with E-state index in [1.807, 2.05) is 37.1 Å². The van der Waals surface area contributed by atoms with E-state index in [-0.39, 0.29) is 5.82 Å². The summed E-state index contributed by atoms with van der Waals surface area (Å²) in [6.07, 6.45) is 0. The predicted octanol–water partition coefficient (Wildman–Crippen LogP) is 3.62. The first-order chi connectivity index (χ1) is 10.1. The third-order valence-corrected chi connectivity index (χ3v) is 3.49. The maximum Gasteiger partial charge on any atom is 0.129 e. The topological polar surface area (TPSA) is 28.2 Å². The highest BCUT2D eigenvalue weighted by Gasteiger charge is 2.08. The highest BCUT2D eigenvalue weighted by molar-refractivity contribution is 6.31. The van der Waals surface area contributed by atoms with Crippen LogP contribution in [0.3, 0.4) is 0 Å². The molecule has 0 bridgehead atoms. The van der Waals surface area contributed by atoms with E-state index in [4.69, 9.17) is 11.6 Å². The molecule has 1 aromatic carbocycles. The van der Waals surface area contributed by atoms with Gasteiger partial charge < -0.3 is 10.2 Å². The van der Waals surface area contributed by atoms with Crippen LogP contribution in [0.25, 0.3) is 0 Å². The molecule has 0 aliphatic rings. The lowest BCUT2D eigenvalue weighted by Crippen LogP contribution is -2.20. The summed E-state index contributed by atoms with van der Waals surface area (Å²) in [5.74, 6) is 0.592. The van der Waals surface area contributed by atoms with E-state index in [1.54, 1.807) is 6.07 Å². The van der Waals surface area contributed by atoms with Gasteiger partial charge in [-0.05, 0) is 36.4 Å². The molecule has 0 saturated carbocycles. The number of nitrogens with one attached hydrogen (secondary N) is 1. The molecule has 2 rings (SSSR count). The fraction of sp³-hybridized carbons (Fsp3) is 0.312. The molecule has 1 N–H and O–H groups in total. The van der Waals surface area contributed by atoms with E-state index in [1.165, 1.54) is 12.1 Å². The third-order valence-electron chi connectivity index (χ3n) is 3.15. The summed E-state index contributed by atoms with van der Waals surface area (Å²) in [5.41, 5.74) is 1.73. The average Bonchev–Trinajstić information content (AvgIpc) is 2.46. The van der Waals surface area contributed by atoms with Gasteiger partial charge in [-0.3, -0.25) is 0 Å². The van der Waals surface area contributed by atoms with Gasteiger partial charge in [-0.2, -0.15) is 0 Å². The summed E-state index contributed by atoms with van der Waals surface area (Å²) in [6, 6.07) is 10.3. The highest BCUT2D eigenvalue weighted by atomic mass is 35.5. The first-order valence-corrected chi connectivity index (χ1v) is 7.29. The maximum atomic E-state index is 13.2. The van der Waals surface area contributed by atoms with Crippen LogP contribution in [0.1, 0.15) is 18.2 Å². The number of anilines is 1. The Bertz CT molecular complexity index is 604.